The Balaban J connectivity index is 1.69. The lowest BCUT2D eigenvalue weighted by Crippen LogP contribution is -2.46. The number of aromatic amines is 1. The van der Waals surface area contributed by atoms with E-state index in [1.54, 1.807) is 6.08 Å². The van der Waals surface area contributed by atoms with Gasteiger partial charge in [-0.05, 0) is 60.7 Å². The molecule has 132 valence electrons. The maximum Gasteiger partial charge on any atom is 0.333 e. The van der Waals surface area contributed by atoms with Crippen molar-refractivity contribution in [2.45, 2.75) is 12.0 Å². The SMILES string of the molecule is O=C(O)C12C=C3C=CC(=N3)C=c3ccc([nH]3)=CC3=NC(=CC(=CC1)N2)C=C3. The number of hydrogen-bond donors (Lipinski definition) is 3. The van der Waals surface area contributed by atoms with Gasteiger partial charge in [0, 0.05) is 22.8 Å². The molecule has 1 aromatic rings. The van der Waals surface area contributed by atoms with Gasteiger partial charge in [-0.1, -0.05) is 6.08 Å². The van der Waals surface area contributed by atoms with E-state index in [4.69, 9.17) is 0 Å². The molecule has 0 aliphatic carbocycles. The standard InChI is InChI=1S/C21H16N4O2/c26-20(27)21-8-7-18(25-21)11-17-4-3-14(23-17)9-13-1-2-15(22-13)10-16-5-6-19(12-21)24-16/h1-7,9-12,22,25H,8H2,(H,26,27). The number of nitrogens with one attached hydrogen (secondary N) is 2. The number of carboxylic acids is 1. The molecule has 4 aliphatic rings. The Labute approximate surface area is 154 Å². The number of aromatic nitrogens is 1. The maximum atomic E-state index is 12.0. The summed E-state index contributed by atoms with van der Waals surface area (Å²) in [5.41, 5.74) is 2.55. The predicted octanol–water partition coefficient (Wildman–Crippen LogP) is 1.08. The Morgan fingerprint density at radius 2 is 1.63 bits per heavy atom. The molecule has 0 radical (unpaired) electrons. The van der Waals surface area contributed by atoms with Crippen LogP contribution in [0.2, 0.25) is 0 Å². The first-order valence-corrected chi connectivity index (χ1v) is 8.66. The zero-order valence-corrected chi connectivity index (χ0v) is 14.3. The van der Waals surface area contributed by atoms with Crippen LogP contribution in [0, 0.1) is 0 Å². The molecule has 1 unspecified atom stereocenters. The molecule has 0 fully saturated rings. The Kier molecular flexibility index (Phi) is 3.27. The van der Waals surface area contributed by atoms with Crippen molar-refractivity contribution in [2.24, 2.45) is 9.98 Å². The highest BCUT2D eigenvalue weighted by Crippen LogP contribution is 2.28. The number of aliphatic carboxylic acids is 1. The molecule has 4 aliphatic heterocycles. The van der Waals surface area contributed by atoms with Crippen LogP contribution in [0.15, 0.2) is 81.7 Å². The number of carboxylic acid groups (broad SMARTS) is 1. The van der Waals surface area contributed by atoms with E-state index in [0.29, 0.717) is 12.1 Å². The van der Waals surface area contributed by atoms with Crippen LogP contribution in [0.3, 0.4) is 0 Å². The Morgan fingerprint density at radius 1 is 0.963 bits per heavy atom. The van der Waals surface area contributed by atoms with Gasteiger partial charge in [0.05, 0.1) is 22.8 Å². The van der Waals surface area contributed by atoms with E-state index < -0.39 is 11.5 Å². The first-order valence-electron chi connectivity index (χ1n) is 8.66. The molecule has 0 spiro atoms. The average molecular weight is 356 g/mol. The van der Waals surface area contributed by atoms with E-state index in [2.05, 4.69) is 20.3 Å². The number of hydrogen-bond acceptors (Lipinski definition) is 4. The molecule has 3 N–H and O–H groups in total. The lowest BCUT2D eigenvalue weighted by molar-refractivity contribution is -0.142. The molecule has 0 aromatic carbocycles. The summed E-state index contributed by atoms with van der Waals surface area (Å²) in [5.74, 6) is -0.935. The van der Waals surface area contributed by atoms with Crippen LogP contribution in [-0.2, 0) is 4.79 Å². The Hall–Kier alpha value is -3.67. The van der Waals surface area contributed by atoms with Crippen LogP contribution in [0.4, 0.5) is 0 Å². The van der Waals surface area contributed by atoms with Gasteiger partial charge in [-0.2, -0.15) is 0 Å². The summed E-state index contributed by atoms with van der Waals surface area (Å²) in [6.07, 6.45) is 17.2. The van der Waals surface area contributed by atoms with Crippen molar-refractivity contribution in [1.29, 1.82) is 0 Å². The van der Waals surface area contributed by atoms with Crippen molar-refractivity contribution in [3.63, 3.8) is 0 Å². The molecule has 6 nitrogen and oxygen atoms in total. The lowest BCUT2D eigenvalue weighted by Gasteiger charge is -2.22. The number of fused-ring (bicyclic) bond motifs is 6. The van der Waals surface area contributed by atoms with E-state index in [-0.39, 0.29) is 0 Å². The fraction of sp³-hybridized carbons (Fsp3) is 0.0952. The molecule has 0 amide bonds. The van der Waals surface area contributed by atoms with E-state index in [0.717, 1.165) is 33.5 Å². The molecular weight excluding hydrogens is 340 g/mol. The highest BCUT2D eigenvalue weighted by molar-refractivity contribution is 6.20. The van der Waals surface area contributed by atoms with E-state index in [1.807, 2.05) is 60.7 Å². The second-order valence-electron chi connectivity index (χ2n) is 6.80. The topological polar surface area (TPSA) is 89.8 Å². The maximum absolute atomic E-state index is 12.0. The summed E-state index contributed by atoms with van der Waals surface area (Å²) < 4.78 is 0. The third-order valence-electron chi connectivity index (χ3n) is 4.79. The van der Waals surface area contributed by atoms with E-state index >= 15 is 0 Å². The van der Waals surface area contributed by atoms with Gasteiger partial charge >= 0.3 is 5.97 Å². The minimum Gasteiger partial charge on any atom is -0.479 e. The summed E-state index contributed by atoms with van der Waals surface area (Å²) in [6.45, 7) is 0. The van der Waals surface area contributed by atoms with Gasteiger partial charge in [0.15, 0.2) is 5.54 Å². The monoisotopic (exact) mass is 356 g/mol. The number of rotatable bonds is 1. The molecule has 1 aromatic heterocycles. The summed E-state index contributed by atoms with van der Waals surface area (Å²) in [5, 5.41) is 14.8. The van der Waals surface area contributed by atoms with Crippen molar-refractivity contribution >= 4 is 29.5 Å². The van der Waals surface area contributed by atoms with Crippen LogP contribution < -0.4 is 16.0 Å². The van der Waals surface area contributed by atoms with E-state index in [1.165, 1.54) is 0 Å². The molecule has 5 heterocycles. The molecule has 6 heteroatoms. The number of H-pyrrole nitrogens is 1. The van der Waals surface area contributed by atoms with E-state index in [9.17, 15) is 9.90 Å². The van der Waals surface area contributed by atoms with Crippen molar-refractivity contribution in [3.8, 4) is 0 Å². The van der Waals surface area contributed by atoms with Crippen molar-refractivity contribution in [2.75, 3.05) is 0 Å². The van der Waals surface area contributed by atoms with Gasteiger partial charge < -0.3 is 15.4 Å². The van der Waals surface area contributed by atoms with Crippen molar-refractivity contribution in [3.05, 3.63) is 82.5 Å². The van der Waals surface area contributed by atoms with Gasteiger partial charge in [-0.15, -0.1) is 0 Å². The summed E-state index contributed by atoms with van der Waals surface area (Å²) in [7, 11) is 0. The second-order valence-corrected chi connectivity index (χ2v) is 6.80. The van der Waals surface area contributed by atoms with Crippen LogP contribution in [0.25, 0.3) is 12.2 Å². The Bertz CT molecular complexity index is 1200. The van der Waals surface area contributed by atoms with Gasteiger partial charge in [0.2, 0.25) is 0 Å². The van der Waals surface area contributed by atoms with Gasteiger partial charge in [-0.3, -0.25) is 0 Å². The van der Waals surface area contributed by atoms with Crippen LogP contribution >= 0.6 is 0 Å². The largest absolute Gasteiger partial charge is 0.479 e. The molecule has 0 saturated heterocycles. The van der Waals surface area contributed by atoms with Crippen LogP contribution in [0.5, 0.6) is 0 Å². The predicted molar refractivity (Wildman–Crippen MR) is 104 cm³/mol. The van der Waals surface area contributed by atoms with Crippen molar-refractivity contribution < 1.29 is 9.90 Å². The quantitative estimate of drug-likeness (QED) is 0.703. The molecule has 8 bridgehead atoms. The Morgan fingerprint density at radius 3 is 2.33 bits per heavy atom. The smallest absolute Gasteiger partial charge is 0.333 e. The zero-order valence-electron chi connectivity index (χ0n) is 14.3. The molecule has 0 saturated carbocycles. The molecule has 1 atom stereocenters. The molecule has 27 heavy (non-hydrogen) atoms. The normalized spacial score (nSPS) is 24.8. The fourth-order valence-electron chi connectivity index (χ4n) is 3.46. The lowest BCUT2D eigenvalue weighted by atomic mass is 9.96. The second kappa shape index (κ2) is 5.67. The van der Waals surface area contributed by atoms with Crippen LogP contribution in [0.1, 0.15) is 6.42 Å². The number of allylic oxidation sites excluding steroid dienone is 5. The fourth-order valence-corrected chi connectivity index (χ4v) is 3.46. The number of carbonyl (C=O) groups is 1. The highest BCUT2D eigenvalue weighted by Gasteiger charge is 2.40. The van der Waals surface area contributed by atoms with Gasteiger partial charge in [0.1, 0.15) is 0 Å². The summed E-state index contributed by atoms with van der Waals surface area (Å²) in [4.78, 5) is 24.4. The summed E-state index contributed by atoms with van der Waals surface area (Å²) in [6, 6.07) is 3.97. The average Bonchev–Trinajstić information content (AvgIpc) is 3.39. The van der Waals surface area contributed by atoms with Crippen molar-refractivity contribution in [1.82, 2.24) is 10.3 Å². The molecule has 5 rings (SSSR count). The third-order valence-corrected chi connectivity index (χ3v) is 4.79. The first kappa shape index (κ1) is 15.6. The summed E-state index contributed by atoms with van der Waals surface area (Å²) >= 11 is 0. The minimum absolute atomic E-state index is 0.347. The number of aliphatic imine (C=N–C) groups is 2. The van der Waals surface area contributed by atoms with Gasteiger partial charge in [0.25, 0.3) is 0 Å². The van der Waals surface area contributed by atoms with Gasteiger partial charge in [-0.25, -0.2) is 14.8 Å². The van der Waals surface area contributed by atoms with Crippen LogP contribution in [-0.4, -0.2) is 33.0 Å². The molecular formula is C21H16N4O2. The highest BCUT2D eigenvalue weighted by atomic mass is 16.4. The first-order chi connectivity index (χ1) is 13.1. The zero-order chi connectivity index (χ0) is 18.4. The third kappa shape index (κ3) is 2.81. The number of nitrogens with zero attached hydrogens (tertiary/aromatic N) is 2. The minimum atomic E-state index is -1.21.